The maximum Gasteiger partial charge on any atom is 0.335 e. The van der Waals surface area contributed by atoms with Crippen molar-refractivity contribution in [3.8, 4) is 0 Å². The maximum absolute atomic E-state index is 12.1. The van der Waals surface area contributed by atoms with Gasteiger partial charge in [-0.05, 0) is 17.7 Å². The summed E-state index contributed by atoms with van der Waals surface area (Å²) in [6.45, 7) is 0. The molecule has 0 saturated heterocycles. The average molecular weight is 367 g/mol. The Morgan fingerprint density at radius 3 is 2.41 bits per heavy atom. The average Bonchev–Trinajstić information content (AvgIpc) is 2.79. The van der Waals surface area contributed by atoms with E-state index in [-0.39, 0.29) is 12.8 Å². The Labute approximate surface area is 154 Å². The van der Waals surface area contributed by atoms with E-state index < -0.39 is 18.0 Å². The molecule has 0 saturated carbocycles. The lowest BCUT2D eigenvalue weighted by atomic mass is 10.0. The molecular formula is C19H17N3O5. The van der Waals surface area contributed by atoms with Crippen LogP contribution in [0.3, 0.4) is 0 Å². The lowest BCUT2D eigenvalue weighted by molar-refractivity contribution is -0.147. The largest absolute Gasteiger partial charge is 0.481 e. The topological polar surface area (TPSA) is 122 Å². The molecule has 8 heteroatoms. The fourth-order valence-corrected chi connectivity index (χ4v) is 2.88. The molecule has 0 radical (unpaired) electrons. The van der Waals surface area contributed by atoms with Crippen molar-refractivity contribution < 1.29 is 24.3 Å². The molecule has 0 atom stereocenters. The van der Waals surface area contributed by atoms with Crippen LogP contribution in [0.1, 0.15) is 24.0 Å². The first-order valence-electron chi connectivity index (χ1n) is 8.22. The molecular weight excluding hydrogens is 350 g/mol. The summed E-state index contributed by atoms with van der Waals surface area (Å²) in [7, 11) is 0. The normalized spacial score (nSPS) is 14.1. The molecule has 2 aromatic carbocycles. The van der Waals surface area contributed by atoms with E-state index in [0.29, 0.717) is 29.1 Å². The molecule has 3 rings (SSSR count). The molecule has 2 amide bonds. The van der Waals surface area contributed by atoms with Crippen molar-refractivity contribution in [1.29, 1.82) is 0 Å². The van der Waals surface area contributed by atoms with Gasteiger partial charge in [0, 0.05) is 12.0 Å². The first-order chi connectivity index (χ1) is 13.0. The summed E-state index contributed by atoms with van der Waals surface area (Å²) in [4.78, 5) is 40.7. The zero-order valence-electron chi connectivity index (χ0n) is 14.3. The van der Waals surface area contributed by atoms with Crippen molar-refractivity contribution in [3.05, 3.63) is 59.7 Å². The number of carboxylic acids is 1. The molecule has 2 aromatic rings. The number of amides is 2. The molecule has 0 spiro atoms. The highest BCUT2D eigenvalue weighted by molar-refractivity contribution is 6.13. The number of carbonyl (C=O) groups is 3. The molecule has 1 aliphatic rings. The first kappa shape index (κ1) is 18.1. The van der Waals surface area contributed by atoms with Gasteiger partial charge < -0.3 is 15.7 Å². The maximum atomic E-state index is 12.1. The minimum atomic E-state index is -1.09. The second-order valence-corrected chi connectivity index (χ2v) is 5.89. The smallest absolute Gasteiger partial charge is 0.335 e. The standard InChI is InChI=1S/C19H17N3O5/c20-19(26)22-15-7-3-1-5-12(15)11-14(13-6-2-4-8-16(13)22)21-27-18(25)10-9-17(23)24/h1-8H,9-11H2,(H2,20,26)(H,23,24)/b21-14-. The van der Waals surface area contributed by atoms with Gasteiger partial charge in [-0.15, -0.1) is 0 Å². The molecule has 27 heavy (non-hydrogen) atoms. The minimum absolute atomic E-state index is 0.280. The summed E-state index contributed by atoms with van der Waals surface area (Å²) >= 11 is 0. The van der Waals surface area contributed by atoms with E-state index in [9.17, 15) is 14.4 Å². The highest BCUT2D eigenvalue weighted by atomic mass is 16.7. The summed E-state index contributed by atoms with van der Waals surface area (Å²) < 4.78 is 0. The summed E-state index contributed by atoms with van der Waals surface area (Å²) in [5.74, 6) is -1.84. The Balaban J connectivity index is 2.01. The molecule has 138 valence electrons. The van der Waals surface area contributed by atoms with Crippen LogP contribution in [0.4, 0.5) is 16.2 Å². The monoisotopic (exact) mass is 367 g/mol. The van der Waals surface area contributed by atoms with E-state index in [1.165, 1.54) is 4.90 Å². The minimum Gasteiger partial charge on any atom is -0.481 e. The number of para-hydroxylation sites is 2. The summed E-state index contributed by atoms with van der Waals surface area (Å²) in [5.41, 5.74) is 8.57. The third kappa shape index (κ3) is 3.95. The van der Waals surface area contributed by atoms with E-state index in [2.05, 4.69) is 5.16 Å². The third-order valence-electron chi connectivity index (χ3n) is 4.07. The van der Waals surface area contributed by atoms with Crippen LogP contribution >= 0.6 is 0 Å². The molecule has 0 aromatic heterocycles. The number of anilines is 2. The van der Waals surface area contributed by atoms with Crippen LogP contribution in [0.15, 0.2) is 53.7 Å². The zero-order chi connectivity index (χ0) is 19.4. The molecule has 0 bridgehead atoms. The second kappa shape index (κ2) is 7.69. The van der Waals surface area contributed by atoms with E-state index in [1.54, 1.807) is 36.4 Å². The molecule has 1 heterocycles. The van der Waals surface area contributed by atoms with Gasteiger partial charge >= 0.3 is 18.0 Å². The number of nitrogens with two attached hydrogens (primary N) is 1. The third-order valence-corrected chi connectivity index (χ3v) is 4.07. The molecule has 0 aliphatic carbocycles. The highest BCUT2D eigenvalue weighted by Crippen LogP contribution is 2.35. The van der Waals surface area contributed by atoms with Gasteiger partial charge in [0.1, 0.15) is 0 Å². The number of nitrogens with zero attached hydrogens (tertiary/aromatic N) is 2. The van der Waals surface area contributed by atoms with E-state index in [4.69, 9.17) is 15.7 Å². The van der Waals surface area contributed by atoms with Gasteiger partial charge in [-0.25, -0.2) is 9.59 Å². The summed E-state index contributed by atoms with van der Waals surface area (Å²) in [5, 5.41) is 12.6. The fraction of sp³-hybridized carbons (Fsp3) is 0.158. The predicted octanol–water partition coefficient (Wildman–Crippen LogP) is 2.57. The molecule has 8 nitrogen and oxygen atoms in total. The van der Waals surface area contributed by atoms with Crippen LogP contribution in [0.25, 0.3) is 0 Å². The van der Waals surface area contributed by atoms with Crippen molar-refractivity contribution >= 4 is 35.1 Å². The van der Waals surface area contributed by atoms with Crippen LogP contribution in [0.5, 0.6) is 0 Å². The van der Waals surface area contributed by atoms with Crippen molar-refractivity contribution in [2.75, 3.05) is 4.90 Å². The van der Waals surface area contributed by atoms with Gasteiger partial charge in [-0.3, -0.25) is 9.69 Å². The van der Waals surface area contributed by atoms with Crippen LogP contribution in [0, 0.1) is 0 Å². The number of urea groups is 1. The number of benzene rings is 2. The van der Waals surface area contributed by atoms with Crippen molar-refractivity contribution in [2.24, 2.45) is 10.9 Å². The molecule has 0 fully saturated rings. The Morgan fingerprint density at radius 1 is 1.04 bits per heavy atom. The fourth-order valence-electron chi connectivity index (χ4n) is 2.88. The van der Waals surface area contributed by atoms with Gasteiger partial charge in [-0.1, -0.05) is 41.6 Å². The lowest BCUT2D eigenvalue weighted by Crippen LogP contribution is -2.32. The first-order valence-corrected chi connectivity index (χ1v) is 8.22. The van der Waals surface area contributed by atoms with Crippen LogP contribution in [-0.2, 0) is 20.8 Å². The second-order valence-electron chi connectivity index (χ2n) is 5.89. The Bertz CT molecular complexity index is 938. The van der Waals surface area contributed by atoms with Crippen LogP contribution in [-0.4, -0.2) is 28.8 Å². The zero-order valence-corrected chi connectivity index (χ0v) is 14.3. The number of carbonyl (C=O) groups excluding carboxylic acids is 2. The van der Waals surface area contributed by atoms with Gasteiger partial charge in [0.2, 0.25) is 0 Å². The van der Waals surface area contributed by atoms with Crippen LogP contribution in [0.2, 0.25) is 0 Å². The van der Waals surface area contributed by atoms with E-state index in [1.807, 2.05) is 12.1 Å². The Kier molecular flexibility index (Phi) is 5.16. The molecule has 0 unspecified atom stereocenters. The van der Waals surface area contributed by atoms with Gasteiger partial charge in [0.25, 0.3) is 0 Å². The quantitative estimate of drug-likeness (QED) is 0.635. The number of hydrogen-bond acceptors (Lipinski definition) is 5. The number of oxime groups is 1. The summed E-state index contributed by atoms with van der Waals surface area (Å²) in [6, 6.07) is 13.6. The van der Waals surface area contributed by atoms with E-state index >= 15 is 0 Å². The van der Waals surface area contributed by atoms with Gasteiger partial charge in [-0.2, -0.15) is 0 Å². The molecule has 3 N–H and O–H groups in total. The van der Waals surface area contributed by atoms with Crippen molar-refractivity contribution in [3.63, 3.8) is 0 Å². The number of aliphatic carboxylic acids is 1. The Morgan fingerprint density at radius 2 is 1.70 bits per heavy atom. The predicted molar refractivity (Wildman–Crippen MR) is 97.8 cm³/mol. The lowest BCUT2D eigenvalue weighted by Gasteiger charge is -2.22. The van der Waals surface area contributed by atoms with Crippen molar-refractivity contribution in [1.82, 2.24) is 0 Å². The van der Waals surface area contributed by atoms with Crippen molar-refractivity contribution in [2.45, 2.75) is 19.3 Å². The van der Waals surface area contributed by atoms with Gasteiger partial charge in [0.05, 0.1) is 29.9 Å². The number of hydrogen-bond donors (Lipinski definition) is 2. The Hall–Kier alpha value is -3.68. The highest BCUT2D eigenvalue weighted by Gasteiger charge is 2.27. The van der Waals surface area contributed by atoms with Gasteiger partial charge in [0.15, 0.2) is 0 Å². The van der Waals surface area contributed by atoms with Crippen LogP contribution < -0.4 is 10.6 Å². The number of fused-ring (bicyclic) bond motifs is 2. The number of primary amides is 1. The SMILES string of the molecule is NC(=O)N1c2ccccc2C/C(=N/OC(=O)CCC(=O)O)c2ccccc21. The number of rotatable bonds is 4. The van der Waals surface area contributed by atoms with E-state index in [0.717, 1.165) is 5.56 Å². The number of carboxylic acid groups (broad SMARTS) is 1. The summed E-state index contributed by atoms with van der Waals surface area (Å²) in [6.07, 6.45) is -0.306. The molecule has 1 aliphatic heterocycles.